The number of carbonyl (C=O) groups is 1. The number of amides is 1. The number of hydrogen-bond acceptors (Lipinski definition) is 2. The summed E-state index contributed by atoms with van der Waals surface area (Å²) in [5.41, 5.74) is 5.02. The van der Waals surface area contributed by atoms with Gasteiger partial charge in [0, 0.05) is 17.5 Å². The standard InChI is InChI=1S/C20H20FNO2/c1-13-3-8-18-16(12-24-20(18)14(13)2)11-19(23)22-10-9-15-4-6-17(21)7-5-15/h3-8,12H,9-11H2,1-2H3,(H,22,23). The van der Waals surface area contributed by atoms with Crippen molar-refractivity contribution in [2.24, 2.45) is 0 Å². The van der Waals surface area contributed by atoms with Crippen LogP contribution in [0, 0.1) is 19.7 Å². The van der Waals surface area contributed by atoms with Gasteiger partial charge in [-0.15, -0.1) is 0 Å². The number of nitrogens with one attached hydrogen (secondary N) is 1. The van der Waals surface area contributed by atoms with Gasteiger partial charge in [-0.05, 0) is 49.1 Å². The zero-order valence-electron chi connectivity index (χ0n) is 13.9. The molecule has 0 atom stereocenters. The molecule has 3 nitrogen and oxygen atoms in total. The third-order valence-corrected chi connectivity index (χ3v) is 4.34. The molecule has 0 bridgehead atoms. The minimum atomic E-state index is -0.250. The van der Waals surface area contributed by atoms with Gasteiger partial charge in [0.15, 0.2) is 0 Å². The first kappa shape index (κ1) is 16.2. The summed E-state index contributed by atoms with van der Waals surface area (Å²) in [5, 5.41) is 3.89. The van der Waals surface area contributed by atoms with E-state index in [0.717, 1.165) is 27.7 Å². The molecule has 0 saturated heterocycles. The summed E-state index contributed by atoms with van der Waals surface area (Å²) >= 11 is 0. The molecule has 1 aromatic heterocycles. The fourth-order valence-electron chi connectivity index (χ4n) is 2.76. The Kier molecular flexibility index (Phi) is 4.65. The monoisotopic (exact) mass is 325 g/mol. The molecule has 3 rings (SSSR count). The Balaban J connectivity index is 1.59. The average Bonchev–Trinajstić information content (AvgIpc) is 2.96. The highest BCUT2D eigenvalue weighted by molar-refractivity contribution is 5.89. The van der Waals surface area contributed by atoms with Crippen molar-refractivity contribution in [3.63, 3.8) is 0 Å². The van der Waals surface area contributed by atoms with Gasteiger partial charge in [-0.1, -0.05) is 24.3 Å². The molecule has 0 unspecified atom stereocenters. The number of fused-ring (bicyclic) bond motifs is 1. The smallest absolute Gasteiger partial charge is 0.224 e. The van der Waals surface area contributed by atoms with Gasteiger partial charge in [-0.2, -0.15) is 0 Å². The predicted octanol–water partition coefficient (Wildman–Crippen LogP) is 4.09. The van der Waals surface area contributed by atoms with Crippen LogP contribution >= 0.6 is 0 Å². The SMILES string of the molecule is Cc1ccc2c(CC(=O)NCCc3ccc(F)cc3)coc2c1C. The van der Waals surface area contributed by atoms with Crippen molar-refractivity contribution in [1.82, 2.24) is 5.32 Å². The molecule has 24 heavy (non-hydrogen) atoms. The van der Waals surface area contributed by atoms with Crippen molar-refractivity contribution in [3.05, 3.63) is 70.7 Å². The highest BCUT2D eigenvalue weighted by atomic mass is 19.1. The molecule has 0 spiro atoms. The van der Waals surface area contributed by atoms with Crippen LogP contribution in [0.2, 0.25) is 0 Å². The fourth-order valence-corrected chi connectivity index (χ4v) is 2.76. The van der Waals surface area contributed by atoms with Crippen molar-refractivity contribution in [2.75, 3.05) is 6.54 Å². The van der Waals surface area contributed by atoms with Gasteiger partial charge in [0.1, 0.15) is 11.4 Å². The normalized spacial score (nSPS) is 11.0. The second-order valence-corrected chi connectivity index (χ2v) is 6.05. The quantitative estimate of drug-likeness (QED) is 0.768. The summed E-state index contributed by atoms with van der Waals surface area (Å²) in [6.07, 6.45) is 2.63. The first-order chi connectivity index (χ1) is 11.5. The molecule has 1 N–H and O–H groups in total. The zero-order valence-corrected chi connectivity index (χ0v) is 13.9. The van der Waals surface area contributed by atoms with Crippen molar-refractivity contribution < 1.29 is 13.6 Å². The maximum absolute atomic E-state index is 12.9. The molecular weight excluding hydrogens is 305 g/mol. The first-order valence-corrected chi connectivity index (χ1v) is 8.02. The van der Waals surface area contributed by atoms with Gasteiger partial charge in [0.25, 0.3) is 0 Å². The van der Waals surface area contributed by atoms with E-state index in [4.69, 9.17) is 4.42 Å². The molecule has 0 aliphatic carbocycles. The molecular formula is C20H20FNO2. The van der Waals surface area contributed by atoms with E-state index in [1.807, 2.05) is 26.0 Å². The van der Waals surface area contributed by atoms with Crippen LogP contribution in [0.5, 0.6) is 0 Å². The van der Waals surface area contributed by atoms with Crippen LogP contribution in [0.1, 0.15) is 22.3 Å². The van der Waals surface area contributed by atoms with Crippen molar-refractivity contribution in [2.45, 2.75) is 26.7 Å². The van der Waals surface area contributed by atoms with E-state index in [1.54, 1.807) is 18.4 Å². The number of rotatable bonds is 5. The average molecular weight is 325 g/mol. The van der Waals surface area contributed by atoms with Gasteiger partial charge in [0.2, 0.25) is 5.91 Å². The molecule has 3 aromatic rings. The highest BCUT2D eigenvalue weighted by Crippen LogP contribution is 2.26. The lowest BCUT2D eigenvalue weighted by atomic mass is 10.0. The molecule has 0 fully saturated rings. The minimum absolute atomic E-state index is 0.0435. The number of aryl methyl sites for hydroxylation is 2. The number of furan rings is 1. The van der Waals surface area contributed by atoms with Crippen LogP contribution < -0.4 is 5.32 Å². The number of halogens is 1. The summed E-state index contributed by atoms with van der Waals surface area (Å²) in [5.74, 6) is -0.293. The van der Waals surface area contributed by atoms with E-state index in [1.165, 1.54) is 17.7 Å². The topological polar surface area (TPSA) is 42.2 Å². The van der Waals surface area contributed by atoms with Crippen LogP contribution in [-0.4, -0.2) is 12.5 Å². The molecule has 1 heterocycles. The van der Waals surface area contributed by atoms with E-state index in [9.17, 15) is 9.18 Å². The number of benzene rings is 2. The van der Waals surface area contributed by atoms with Gasteiger partial charge >= 0.3 is 0 Å². The lowest BCUT2D eigenvalue weighted by Crippen LogP contribution is -2.27. The van der Waals surface area contributed by atoms with E-state index in [0.29, 0.717) is 19.4 Å². The predicted molar refractivity (Wildman–Crippen MR) is 92.5 cm³/mol. The van der Waals surface area contributed by atoms with Crippen molar-refractivity contribution in [1.29, 1.82) is 0 Å². The molecule has 0 aliphatic heterocycles. The first-order valence-electron chi connectivity index (χ1n) is 8.02. The lowest BCUT2D eigenvalue weighted by molar-refractivity contribution is -0.120. The Morgan fingerprint density at radius 1 is 1.12 bits per heavy atom. The van der Waals surface area contributed by atoms with Crippen molar-refractivity contribution >= 4 is 16.9 Å². The molecule has 0 radical (unpaired) electrons. The number of carbonyl (C=O) groups excluding carboxylic acids is 1. The second kappa shape index (κ2) is 6.87. The Hall–Kier alpha value is -2.62. The highest BCUT2D eigenvalue weighted by Gasteiger charge is 2.12. The summed E-state index contributed by atoms with van der Waals surface area (Å²) in [6, 6.07) is 10.4. The van der Waals surface area contributed by atoms with Crippen LogP contribution in [-0.2, 0) is 17.6 Å². The van der Waals surface area contributed by atoms with Gasteiger partial charge < -0.3 is 9.73 Å². The maximum atomic E-state index is 12.9. The van der Waals surface area contributed by atoms with Gasteiger partial charge in [-0.3, -0.25) is 4.79 Å². The van der Waals surface area contributed by atoms with Gasteiger partial charge in [0.05, 0.1) is 12.7 Å². The molecule has 2 aromatic carbocycles. The maximum Gasteiger partial charge on any atom is 0.224 e. The Morgan fingerprint density at radius 3 is 2.62 bits per heavy atom. The molecule has 4 heteroatoms. The minimum Gasteiger partial charge on any atom is -0.464 e. The Labute approximate surface area is 140 Å². The molecule has 1 amide bonds. The second-order valence-electron chi connectivity index (χ2n) is 6.05. The number of hydrogen-bond donors (Lipinski definition) is 1. The summed E-state index contributed by atoms with van der Waals surface area (Å²) in [7, 11) is 0. The third-order valence-electron chi connectivity index (χ3n) is 4.34. The van der Waals surface area contributed by atoms with Crippen LogP contribution in [0.3, 0.4) is 0 Å². The van der Waals surface area contributed by atoms with E-state index >= 15 is 0 Å². The Morgan fingerprint density at radius 2 is 1.88 bits per heavy atom. The molecule has 0 saturated carbocycles. The lowest BCUT2D eigenvalue weighted by Gasteiger charge is -2.05. The van der Waals surface area contributed by atoms with E-state index in [2.05, 4.69) is 5.32 Å². The van der Waals surface area contributed by atoms with Crippen molar-refractivity contribution in [3.8, 4) is 0 Å². The fraction of sp³-hybridized carbons (Fsp3) is 0.250. The van der Waals surface area contributed by atoms with Crippen LogP contribution in [0.15, 0.2) is 47.1 Å². The van der Waals surface area contributed by atoms with Crippen LogP contribution in [0.4, 0.5) is 4.39 Å². The van der Waals surface area contributed by atoms with Crippen LogP contribution in [0.25, 0.3) is 11.0 Å². The third kappa shape index (κ3) is 3.48. The molecule has 124 valence electrons. The van der Waals surface area contributed by atoms with E-state index in [-0.39, 0.29) is 11.7 Å². The zero-order chi connectivity index (χ0) is 17.1. The summed E-state index contributed by atoms with van der Waals surface area (Å²) < 4.78 is 18.5. The largest absolute Gasteiger partial charge is 0.464 e. The Bertz CT molecular complexity index is 865. The molecule has 0 aliphatic rings. The summed E-state index contributed by atoms with van der Waals surface area (Å²) in [4.78, 5) is 12.1. The van der Waals surface area contributed by atoms with Gasteiger partial charge in [-0.25, -0.2) is 4.39 Å². The van der Waals surface area contributed by atoms with E-state index < -0.39 is 0 Å². The summed E-state index contributed by atoms with van der Waals surface area (Å²) in [6.45, 7) is 4.59.